The van der Waals surface area contributed by atoms with Gasteiger partial charge in [0.15, 0.2) is 11.9 Å². The summed E-state index contributed by atoms with van der Waals surface area (Å²) in [6.07, 6.45) is 3.81. The second kappa shape index (κ2) is 4.87. The molecule has 2 rings (SSSR count). The van der Waals surface area contributed by atoms with Crippen molar-refractivity contribution in [2.75, 3.05) is 0 Å². The van der Waals surface area contributed by atoms with E-state index < -0.39 is 0 Å². The fourth-order valence-corrected chi connectivity index (χ4v) is 1.23. The van der Waals surface area contributed by atoms with E-state index in [1.807, 2.05) is 63.8 Å². The van der Waals surface area contributed by atoms with Gasteiger partial charge in [0.25, 0.3) is 0 Å². The summed E-state index contributed by atoms with van der Waals surface area (Å²) in [7, 11) is 7.75. The van der Waals surface area contributed by atoms with Crippen molar-refractivity contribution in [2.45, 2.75) is 13.8 Å². The van der Waals surface area contributed by atoms with Gasteiger partial charge in [-0.2, -0.15) is 9.36 Å². The molecule has 0 radical (unpaired) electrons. The number of rotatable bonds is 0. The lowest BCUT2D eigenvalue weighted by Gasteiger charge is -1.85. The molecule has 88 valence electrons. The van der Waals surface area contributed by atoms with Gasteiger partial charge in [0.05, 0.1) is 14.1 Å². The number of aryl methyl sites for hydroxylation is 5. The van der Waals surface area contributed by atoms with Crippen LogP contribution in [0.5, 0.6) is 0 Å². The molecule has 16 heavy (non-hydrogen) atoms. The predicted molar refractivity (Wildman–Crippen MR) is 58.2 cm³/mol. The molecular weight excluding hydrogens is 204 g/mol. The normalized spacial score (nSPS) is 9.88. The summed E-state index contributed by atoms with van der Waals surface area (Å²) in [6.45, 7) is 3.99. The van der Waals surface area contributed by atoms with E-state index >= 15 is 0 Å². The average Bonchev–Trinajstić information content (AvgIpc) is 2.65. The van der Waals surface area contributed by atoms with Crippen molar-refractivity contribution >= 4 is 0 Å². The molecule has 2 aromatic heterocycles. The summed E-state index contributed by atoms with van der Waals surface area (Å²) in [5.41, 5.74) is 2.22. The fourth-order valence-electron chi connectivity index (χ4n) is 1.23. The van der Waals surface area contributed by atoms with E-state index in [-0.39, 0.29) is 0 Å². The number of aromatic nitrogens is 6. The van der Waals surface area contributed by atoms with Crippen molar-refractivity contribution in [3.8, 4) is 0 Å². The molecule has 0 N–H and O–H groups in total. The van der Waals surface area contributed by atoms with Crippen LogP contribution >= 0.6 is 0 Å². The molecule has 2 aromatic rings. The van der Waals surface area contributed by atoms with Crippen LogP contribution in [0.4, 0.5) is 0 Å². The van der Waals surface area contributed by atoms with E-state index in [2.05, 4.69) is 10.2 Å². The first-order valence-electron chi connectivity index (χ1n) is 5.13. The average molecular weight is 224 g/mol. The predicted octanol–water partition coefficient (Wildman–Crippen LogP) is -0.894. The SMILES string of the molecule is Cc1c[n+](C)n(C)n1.Cc1cnn(C)[n+]1C. The molecule has 0 saturated carbocycles. The third-order valence-corrected chi connectivity index (χ3v) is 2.49. The van der Waals surface area contributed by atoms with Crippen molar-refractivity contribution in [1.82, 2.24) is 19.8 Å². The first kappa shape index (κ1) is 12.4. The third kappa shape index (κ3) is 2.88. The molecule has 0 saturated heterocycles. The molecule has 0 atom stereocenters. The van der Waals surface area contributed by atoms with Crippen LogP contribution in [0.3, 0.4) is 0 Å². The van der Waals surface area contributed by atoms with Crippen molar-refractivity contribution in [2.24, 2.45) is 28.2 Å². The molecule has 0 aromatic carbocycles. The molecular formula is C10H20N6+2. The van der Waals surface area contributed by atoms with Crippen LogP contribution in [-0.4, -0.2) is 19.8 Å². The molecule has 6 nitrogen and oxygen atoms in total. The molecule has 0 fully saturated rings. The number of nitrogens with zero attached hydrogens (tertiary/aromatic N) is 6. The van der Waals surface area contributed by atoms with E-state index in [0.717, 1.165) is 5.69 Å². The molecule has 0 spiro atoms. The maximum Gasteiger partial charge on any atom is 0.215 e. The van der Waals surface area contributed by atoms with Crippen molar-refractivity contribution in [1.29, 1.82) is 0 Å². The molecule has 0 aliphatic carbocycles. The van der Waals surface area contributed by atoms with Gasteiger partial charge in [-0.3, -0.25) is 0 Å². The van der Waals surface area contributed by atoms with Crippen LogP contribution in [0.25, 0.3) is 0 Å². The molecule has 0 unspecified atom stereocenters. The summed E-state index contributed by atoms with van der Waals surface area (Å²) >= 11 is 0. The summed E-state index contributed by atoms with van der Waals surface area (Å²) in [5, 5.41) is 8.09. The van der Waals surface area contributed by atoms with E-state index in [1.165, 1.54) is 5.69 Å². The van der Waals surface area contributed by atoms with Crippen molar-refractivity contribution < 1.29 is 9.36 Å². The van der Waals surface area contributed by atoms with Crippen LogP contribution in [0, 0.1) is 13.8 Å². The van der Waals surface area contributed by atoms with Gasteiger partial charge in [0.2, 0.25) is 11.9 Å². The van der Waals surface area contributed by atoms with Gasteiger partial charge in [-0.1, -0.05) is 0 Å². The summed E-state index contributed by atoms with van der Waals surface area (Å²) in [6, 6.07) is 0. The van der Waals surface area contributed by atoms with Gasteiger partial charge in [-0.25, -0.2) is 0 Å². The number of hydrogen-bond donors (Lipinski definition) is 0. The monoisotopic (exact) mass is 224 g/mol. The summed E-state index contributed by atoms with van der Waals surface area (Å²) < 4.78 is 3.90. The second-order valence-corrected chi connectivity index (χ2v) is 3.83. The van der Waals surface area contributed by atoms with Crippen LogP contribution < -0.4 is 9.36 Å². The molecule has 0 aliphatic heterocycles. The number of hydrogen-bond acceptors (Lipinski definition) is 2. The maximum atomic E-state index is 4.09. The smallest absolute Gasteiger partial charge is 0.164 e. The lowest BCUT2D eigenvalue weighted by Crippen LogP contribution is -2.39. The Bertz CT molecular complexity index is 429. The zero-order valence-corrected chi connectivity index (χ0v) is 10.8. The van der Waals surface area contributed by atoms with Gasteiger partial charge in [0, 0.05) is 24.0 Å². The van der Waals surface area contributed by atoms with Gasteiger partial charge >= 0.3 is 0 Å². The Balaban J connectivity index is 0.000000160. The Labute approximate surface area is 95.7 Å². The lowest BCUT2D eigenvalue weighted by atomic mass is 10.6. The minimum absolute atomic E-state index is 1.05. The standard InChI is InChI=1S/2C5H10N3/c1-5-4-7(2)8(3)6-5;1-5-4-6-8(3)7(5)2/h2*4H,1-3H3/q2*+1. The Kier molecular flexibility index (Phi) is 3.76. The first-order valence-corrected chi connectivity index (χ1v) is 5.13. The van der Waals surface area contributed by atoms with Crippen LogP contribution in [0.1, 0.15) is 11.4 Å². The van der Waals surface area contributed by atoms with Gasteiger partial charge in [-0.05, 0) is 9.59 Å². The minimum atomic E-state index is 1.05. The van der Waals surface area contributed by atoms with Crippen LogP contribution in [0.15, 0.2) is 12.4 Å². The lowest BCUT2D eigenvalue weighted by molar-refractivity contribution is -0.760. The maximum absolute atomic E-state index is 4.09. The van der Waals surface area contributed by atoms with Gasteiger partial charge < -0.3 is 0 Å². The molecule has 0 bridgehead atoms. The quantitative estimate of drug-likeness (QED) is 0.545. The Morgan fingerprint density at radius 2 is 1.75 bits per heavy atom. The molecule has 0 amide bonds. The summed E-state index contributed by atoms with van der Waals surface area (Å²) in [5.74, 6) is 0. The highest BCUT2D eigenvalue weighted by atomic mass is 15.5. The highest BCUT2D eigenvalue weighted by molar-refractivity contribution is 4.79. The van der Waals surface area contributed by atoms with E-state index in [1.54, 1.807) is 9.59 Å². The van der Waals surface area contributed by atoms with Crippen LogP contribution in [0.2, 0.25) is 0 Å². The highest BCUT2D eigenvalue weighted by Crippen LogP contribution is 1.79. The van der Waals surface area contributed by atoms with E-state index in [9.17, 15) is 0 Å². The second-order valence-electron chi connectivity index (χ2n) is 3.83. The van der Waals surface area contributed by atoms with Crippen LogP contribution in [-0.2, 0) is 28.2 Å². The molecule has 6 heteroatoms. The highest BCUT2D eigenvalue weighted by Gasteiger charge is 2.02. The van der Waals surface area contributed by atoms with E-state index in [4.69, 9.17) is 0 Å². The zero-order chi connectivity index (χ0) is 12.3. The molecule has 0 aliphatic rings. The molecule has 2 heterocycles. The zero-order valence-electron chi connectivity index (χ0n) is 10.8. The van der Waals surface area contributed by atoms with E-state index in [0.29, 0.717) is 0 Å². The van der Waals surface area contributed by atoms with Crippen molar-refractivity contribution in [3.63, 3.8) is 0 Å². The van der Waals surface area contributed by atoms with Gasteiger partial charge in [-0.15, -0.1) is 0 Å². The Morgan fingerprint density at radius 1 is 1.12 bits per heavy atom. The Morgan fingerprint density at radius 3 is 1.88 bits per heavy atom. The third-order valence-electron chi connectivity index (χ3n) is 2.49. The Hall–Kier alpha value is -1.72. The first-order chi connectivity index (χ1) is 7.41. The van der Waals surface area contributed by atoms with Crippen molar-refractivity contribution in [3.05, 3.63) is 23.8 Å². The largest absolute Gasteiger partial charge is 0.215 e. The summed E-state index contributed by atoms with van der Waals surface area (Å²) in [4.78, 5) is 3.57. The van der Waals surface area contributed by atoms with Gasteiger partial charge in [0.1, 0.15) is 14.1 Å². The minimum Gasteiger partial charge on any atom is -0.164 e. The topological polar surface area (TPSA) is 43.4 Å². The fraction of sp³-hybridized carbons (Fsp3) is 0.600.